The van der Waals surface area contributed by atoms with E-state index in [0.29, 0.717) is 6.54 Å². The Labute approximate surface area is 123 Å². The van der Waals surface area contributed by atoms with E-state index in [0.717, 1.165) is 18.9 Å². The molecule has 116 valence electrons. The van der Waals surface area contributed by atoms with Crippen LogP contribution in [-0.4, -0.2) is 36.6 Å². The largest absolute Gasteiger partial charge is 0.396 e. The van der Waals surface area contributed by atoms with Crippen LogP contribution >= 0.6 is 0 Å². The van der Waals surface area contributed by atoms with Gasteiger partial charge in [0.05, 0.1) is 6.54 Å². The fraction of sp³-hybridized carbons (Fsp3) is 0.467. The van der Waals surface area contributed by atoms with Gasteiger partial charge in [0, 0.05) is 18.7 Å². The highest BCUT2D eigenvalue weighted by Gasteiger charge is 2.08. The summed E-state index contributed by atoms with van der Waals surface area (Å²) in [5, 5.41) is 14.0. The minimum atomic E-state index is -0.495. The molecule has 0 aliphatic carbocycles. The second-order valence-electron chi connectivity index (χ2n) is 4.97. The van der Waals surface area contributed by atoms with Gasteiger partial charge in [-0.2, -0.15) is 0 Å². The average Bonchev–Trinajstić information content (AvgIpc) is 2.48. The second kappa shape index (κ2) is 9.07. The molecule has 0 radical (unpaired) electrons. The van der Waals surface area contributed by atoms with Crippen molar-refractivity contribution in [2.45, 2.75) is 19.8 Å². The molecular formula is C15H21FN2O3. The van der Waals surface area contributed by atoms with E-state index in [-0.39, 0.29) is 30.5 Å². The Balaban J connectivity index is 2.22. The van der Waals surface area contributed by atoms with E-state index >= 15 is 0 Å². The molecule has 6 heteroatoms. The zero-order valence-electron chi connectivity index (χ0n) is 12.1. The van der Waals surface area contributed by atoms with Crippen molar-refractivity contribution in [3.63, 3.8) is 0 Å². The summed E-state index contributed by atoms with van der Waals surface area (Å²) >= 11 is 0. The summed E-state index contributed by atoms with van der Waals surface area (Å²) in [5.41, 5.74) is 0.180. The number of amides is 2. The highest BCUT2D eigenvalue weighted by molar-refractivity contribution is 5.96. The lowest BCUT2D eigenvalue weighted by atomic mass is 10.1. The Morgan fingerprint density at radius 1 is 1.33 bits per heavy atom. The molecule has 0 spiro atoms. The topological polar surface area (TPSA) is 78.4 Å². The van der Waals surface area contributed by atoms with E-state index in [1.807, 2.05) is 6.92 Å². The first kappa shape index (κ1) is 17.1. The first-order chi connectivity index (χ1) is 10.0. The summed E-state index contributed by atoms with van der Waals surface area (Å²) in [7, 11) is 0. The van der Waals surface area contributed by atoms with Crippen molar-refractivity contribution < 1.29 is 19.1 Å². The van der Waals surface area contributed by atoms with E-state index < -0.39 is 11.7 Å². The third-order valence-corrected chi connectivity index (χ3v) is 3.00. The van der Waals surface area contributed by atoms with Gasteiger partial charge in [-0.25, -0.2) is 4.39 Å². The number of carbonyl (C=O) groups is 2. The zero-order valence-corrected chi connectivity index (χ0v) is 12.1. The number of hydrogen-bond acceptors (Lipinski definition) is 3. The van der Waals surface area contributed by atoms with Crippen LogP contribution < -0.4 is 10.6 Å². The number of hydrogen-bond donors (Lipinski definition) is 3. The quantitative estimate of drug-likeness (QED) is 0.628. The Morgan fingerprint density at radius 2 is 2.10 bits per heavy atom. The average molecular weight is 296 g/mol. The van der Waals surface area contributed by atoms with Gasteiger partial charge in [0.15, 0.2) is 0 Å². The fourth-order valence-electron chi connectivity index (χ4n) is 1.72. The zero-order chi connectivity index (χ0) is 15.7. The molecule has 1 unspecified atom stereocenters. The molecule has 0 heterocycles. The Morgan fingerprint density at radius 3 is 2.76 bits per heavy atom. The van der Waals surface area contributed by atoms with Crippen LogP contribution in [0.15, 0.2) is 24.3 Å². The molecule has 2 amide bonds. The molecule has 0 saturated heterocycles. The Hall–Kier alpha value is -1.95. The summed E-state index contributed by atoms with van der Waals surface area (Å²) in [6.07, 6.45) is 1.59. The fourth-order valence-corrected chi connectivity index (χ4v) is 1.72. The third-order valence-electron chi connectivity index (χ3n) is 3.00. The number of carbonyl (C=O) groups excluding carboxylic acids is 2. The second-order valence-corrected chi connectivity index (χ2v) is 4.97. The molecule has 0 saturated carbocycles. The van der Waals surface area contributed by atoms with E-state index in [4.69, 9.17) is 5.11 Å². The van der Waals surface area contributed by atoms with Crippen molar-refractivity contribution in [1.29, 1.82) is 0 Å². The summed E-state index contributed by atoms with van der Waals surface area (Å²) in [6, 6.07) is 5.28. The first-order valence-corrected chi connectivity index (χ1v) is 6.94. The highest BCUT2D eigenvalue weighted by atomic mass is 19.1. The predicted molar refractivity (Wildman–Crippen MR) is 77.2 cm³/mol. The number of nitrogens with one attached hydrogen (secondary N) is 2. The van der Waals surface area contributed by atoms with E-state index in [9.17, 15) is 14.0 Å². The minimum absolute atomic E-state index is 0.137. The van der Waals surface area contributed by atoms with Gasteiger partial charge in [-0.15, -0.1) is 0 Å². The Bertz CT molecular complexity index is 480. The minimum Gasteiger partial charge on any atom is -0.396 e. The number of aliphatic hydroxyl groups excluding tert-OH is 1. The maximum atomic E-state index is 12.9. The lowest BCUT2D eigenvalue weighted by molar-refractivity contribution is -0.120. The van der Waals surface area contributed by atoms with Gasteiger partial charge in [0.1, 0.15) is 5.82 Å². The summed E-state index contributed by atoms with van der Waals surface area (Å²) in [6.45, 7) is 2.42. The van der Waals surface area contributed by atoms with Gasteiger partial charge in [-0.05, 0) is 37.0 Å². The molecule has 1 rings (SSSR count). The van der Waals surface area contributed by atoms with Crippen molar-refractivity contribution in [2.75, 3.05) is 19.7 Å². The molecule has 0 aromatic heterocycles. The number of halogens is 1. The monoisotopic (exact) mass is 296 g/mol. The molecule has 5 nitrogen and oxygen atoms in total. The van der Waals surface area contributed by atoms with Crippen LogP contribution in [0.1, 0.15) is 30.1 Å². The van der Waals surface area contributed by atoms with Crippen molar-refractivity contribution >= 4 is 11.8 Å². The van der Waals surface area contributed by atoms with Crippen LogP contribution in [0.25, 0.3) is 0 Å². The normalized spacial score (nSPS) is 11.8. The SMILES string of the molecule is CC(CO)CCCNC(=O)CNC(=O)c1cccc(F)c1. The van der Waals surface area contributed by atoms with Crippen molar-refractivity contribution in [1.82, 2.24) is 10.6 Å². The highest BCUT2D eigenvalue weighted by Crippen LogP contribution is 2.03. The number of rotatable bonds is 8. The molecular weight excluding hydrogens is 275 g/mol. The molecule has 1 atom stereocenters. The molecule has 1 aromatic rings. The third kappa shape index (κ3) is 6.85. The van der Waals surface area contributed by atoms with E-state index in [1.54, 1.807) is 0 Å². The van der Waals surface area contributed by atoms with E-state index in [2.05, 4.69) is 10.6 Å². The molecule has 21 heavy (non-hydrogen) atoms. The van der Waals surface area contributed by atoms with Gasteiger partial charge in [0.2, 0.25) is 5.91 Å². The van der Waals surface area contributed by atoms with Crippen LogP contribution in [0.4, 0.5) is 4.39 Å². The van der Waals surface area contributed by atoms with Crippen LogP contribution in [0, 0.1) is 11.7 Å². The molecule has 0 fully saturated rings. The van der Waals surface area contributed by atoms with Crippen molar-refractivity contribution in [2.24, 2.45) is 5.92 Å². The lowest BCUT2D eigenvalue weighted by Gasteiger charge is -2.09. The van der Waals surface area contributed by atoms with Gasteiger partial charge in [-0.3, -0.25) is 9.59 Å². The van der Waals surface area contributed by atoms with Crippen molar-refractivity contribution in [3.8, 4) is 0 Å². The lowest BCUT2D eigenvalue weighted by Crippen LogP contribution is -2.37. The predicted octanol–water partition coefficient (Wildman–Crippen LogP) is 1.08. The maximum Gasteiger partial charge on any atom is 0.251 e. The van der Waals surface area contributed by atoms with Crippen LogP contribution in [-0.2, 0) is 4.79 Å². The smallest absolute Gasteiger partial charge is 0.251 e. The van der Waals surface area contributed by atoms with E-state index in [1.165, 1.54) is 18.2 Å². The maximum absolute atomic E-state index is 12.9. The summed E-state index contributed by atoms with van der Waals surface area (Å²) in [4.78, 5) is 23.2. The molecule has 3 N–H and O–H groups in total. The molecule has 0 aliphatic heterocycles. The number of aliphatic hydroxyl groups is 1. The standard InChI is InChI=1S/C15H21FN2O3/c1-11(10-19)4-3-7-17-14(20)9-18-15(21)12-5-2-6-13(16)8-12/h2,5-6,8,11,19H,3-4,7,9-10H2,1H3,(H,17,20)(H,18,21). The Kier molecular flexibility index (Phi) is 7.39. The van der Waals surface area contributed by atoms with Gasteiger partial charge in [-0.1, -0.05) is 13.0 Å². The van der Waals surface area contributed by atoms with Crippen LogP contribution in [0.3, 0.4) is 0 Å². The van der Waals surface area contributed by atoms with Gasteiger partial charge < -0.3 is 15.7 Å². The number of benzene rings is 1. The van der Waals surface area contributed by atoms with Gasteiger partial charge >= 0.3 is 0 Å². The molecule has 1 aromatic carbocycles. The van der Waals surface area contributed by atoms with Crippen LogP contribution in [0.5, 0.6) is 0 Å². The first-order valence-electron chi connectivity index (χ1n) is 6.94. The molecule has 0 aliphatic rings. The van der Waals surface area contributed by atoms with Gasteiger partial charge in [0.25, 0.3) is 5.91 Å². The van der Waals surface area contributed by atoms with Crippen molar-refractivity contribution in [3.05, 3.63) is 35.6 Å². The molecule has 0 bridgehead atoms. The van der Waals surface area contributed by atoms with Crippen LogP contribution in [0.2, 0.25) is 0 Å². The summed E-state index contributed by atoms with van der Waals surface area (Å²) in [5.74, 6) is -1.06. The summed E-state index contributed by atoms with van der Waals surface area (Å²) < 4.78 is 12.9.